The van der Waals surface area contributed by atoms with E-state index in [4.69, 9.17) is 20.8 Å². The van der Waals surface area contributed by atoms with Crippen LogP contribution in [0.15, 0.2) is 33.2 Å². The summed E-state index contributed by atoms with van der Waals surface area (Å²) in [7, 11) is 1.54. The molecule has 1 aromatic heterocycles. The van der Waals surface area contributed by atoms with Crippen molar-refractivity contribution in [2.75, 3.05) is 7.11 Å². The molecule has 0 saturated carbocycles. The summed E-state index contributed by atoms with van der Waals surface area (Å²) in [5.41, 5.74) is 0.777. The molecule has 2 rings (SSSR count). The topological polar surface area (TPSA) is 39.4 Å². The van der Waals surface area contributed by atoms with E-state index in [0.29, 0.717) is 22.8 Å². The highest BCUT2D eigenvalue weighted by Gasteiger charge is 2.12. The van der Waals surface area contributed by atoms with Crippen LogP contribution in [0, 0.1) is 0 Å². The maximum atomic E-state index is 10.6. The number of rotatable bonds is 3. The molecule has 0 aliphatic rings. The van der Waals surface area contributed by atoms with Crippen LogP contribution < -0.4 is 4.74 Å². The zero-order valence-electron chi connectivity index (χ0n) is 8.87. The SMILES string of the molecule is COc1cc(-c2ccc(C=O)o2)c(Br)cc1Cl. The third kappa shape index (κ3) is 2.37. The zero-order valence-corrected chi connectivity index (χ0v) is 11.2. The first-order valence-electron chi connectivity index (χ1n) is 4.74. The van der Waals surface area contributed by atoms with Gasteiger partial charge in [-0.05, 0) is 40.2 Å². The van der Waals surface area contributed by atoms with E-state index >= 15 is 0 Å². The minimum absolute atomic E-state index is 0.279. The minimum Gasteiger partial charge on any atom is -0.495 e. The van der Waals surface area contributed by atoms with Crippen molar-refractivity contribution < 1.29 is 13.9 Å². The lowest BCUT2D eigenvalue weighted by molar-refractivity contribution is 0.110. The monoisotopic (exact) mass is 314 g/mol. The fourth-order valence-electron chi connectivity index (χ4n) is 1.44. The number of carbonyl (C=O) groups is 1. The van der Waals surface area contributed by atoms with Crippen molar-refractivity contribution >= 4 is 33.8 Å². The van der Waals surface area contributed by atoms with Crippen LogP contribution in [0.25, 0.3) is 11.3 Å². The molecule has 0 aliphatic heterocycles. The molecule has 2 aromatic rings. The molecule has 0 amide bonds. The molecule has 0 atom stereocenters. The quantitative estimate of drug-likeness (QED) is 0.798. The second-order valence-electron chi connectivity index (χ2n) is 3.29. The standard InChI is InChI=1S/C12H8BrClO3/c1-16-12-4-8(9(13)5-10(12)14)11-3-2-7(6-15)17-11/h2-6H,1H3. The van der Waals surface area contributed by atoms with E-state index in [1.54, 1.807) is 24.3 Å². The molecular weight excluding hydrogens is 307 g/mol. The Kier molecular flexibility index (Phi) is 3.54. The number of hydrogen-bond acceptors (Lipinski definition) is 3. The summed E-state index contributed by atoms with van der Waals surface area (Å²) in [4.78, 5) is 10.6. The Labute approximate surface area is 111 Å². The predicted octanol–water partition coefficient (Wildman–Crippen LogP) is 4.18. The lowest BCUT2D eigenvalue weighted by Gasteiger charge is -2.07. The molecule has 0 fully saturated rings. The molecule has 1 heterocycles. The summed E-state index contributed by atoms with van der Waals surface area (Å²) >= 11 is 9.37. The van der Waals surface area contributed by atoms with E-state index in [1.165, 1.54) is 7.11 Å². The van der Waals surface area contributed by atoms with Gasteiger partial charge >= 0.3 is 0 Å². The van der Waals surface area contributed by atoms with Gasteiger partial charge in [-0.25, -0.2) is 0 Å². The van der Waals surface area contributed by atoms with Crippen LogP contribution in [0.1, 0.15) is 10.6 Å². The molecular formula is C12H8BrClO3. The number of aldehydes is 1. The van der Waals surface area contributed by atoms with Gasteiger partial charge in [-0.2, -0.15) is 0 Å². The first-order valence-corrected chi connectivity index (χ1v) is 5.91. The second-order valence-corrected chi connectivity index (χ2v) is 4.55. The Morgan fingerprint density at radius 3 is 2.76 bits per heavy atom. The molecule has 0 radical (unpaired) electrons. The first-order chi connectivity index (χ1) is 8.15. The van der Waals surface area contributed by atoms with Crippen LogP contribution in [0.5, 0.6) is 5.75 Å². The molecule has 3 nitrogen and oxygen atoms in total. The summed E-state index contributed by atoms with van der Waals surface area (Å²) in [5.74, 6) is 1.41. The molecule has 0 saturated heterocycles. The van der Waals surface area contributed by atoms with Gasteiger partial charge in [0.2, 0.25) is 0 Å². The Morgan fingerprint density at radius 1 is 1.41 bits per heavy atom. The van der Waals surface area contributed by atoms with Crippen LogP contribution in [-0.4, -0.2) is 13.4 Å². The van der Waals surface area contributed by atoms with Gasteiger partial charge in [0, 0.05) is 10.0 Å². The van der Waals surface area contributed by atoms with Crippen LogP contribution in [-0.2, 0) is 0 Å². The van der Waals surface area contributed by atoms with E-state index < -0.39 is 0 Å². The van der Waals surface area contributed by atoms with Crippen molar-refractivity contribution in [2.24, 2.45) is 0 Å². The van der Waals surface area contributed by atoms with Crippen LogP contribution in [0.2, 0.25) is 5.02 Å². The van der Waals surface area contributed by atoms with Crippen molar-refractivity contribution in [1.29, 1.82) is 0 Å². The summed E-state index contributed by atoms with van der Waals surface area (Å²) < 4.78 is 11.2. The number of halogens is 2. The lowest BCUT2D eigenvalue weighted by atomic mass is 10.1. The van der Waals surface area contributed by atoms with Gasteiger partial charge in [0.15, 0.2) is 12.0 Å². The number of furan rings is 1. The summed E-state index contributed by atoms with van der Waals surface area (Å²) in [5, 5.41) is 0.505. The molecule has 0 bridgehead atoms. The maximum Gasteiger partial charge on any atom is 0.185 e. The number of hydrogen-bond donors (Lipinski definition) is 0. The number of carbonyl (C=O) groups excluding carboxylic acids is 1. The second kappa shape index (κ2) is 4.94. The van der Waals surface area contributed by atoms with Crippen molar-refractivity contribution in [3.8, 4) is 17.1 Å². The molecule has 0 aliphatic carbocycles. The summed E-state index contributed by atoms with van der Waals surface area (Å²) in [6.45, 7) is 0. The normalized spacial score (nSPS) is 10.3. The number of ether oxygens (including phenoxy) is 1. The van der Waals surface area contributed by atoms with E-state index in [2.05, 4.69) is 15.9 Å². The number of methoxy groups -OCH3 is 1. The zero-order chi connectivity index (χ0) is 12.4. The van der Waals surface area contributed by atoms with Gasteiger partial charge in [-0.3, -0.25) is 4.79 Å². The van der Waals surface area contributed by atoms with Gasteiger partial charge in [0.1, 0.15) is 11.5 Å². The molecule has 88 valence electrons. The predicted molar refractivity (Wildman–Crippen MR) is 68.8 cm³/mol. The smallest absolute Gasteiger partial charge is 0.185 e. The fourth-order valence-corrected chi connectivity index (χ4v) is 2.35. The highest BCUT2D eigenvalue weighted by Crippen LogP contribution is 2.37. The molecule has 0 spiro atoms. The van der Waals surface area contributed by atoms with Crippen molar-refractivity contribution in [3.63, 3.8) is 0 Å². The molecule has 17 heavy (non-hydrogen) atoms. The Balaban J connectivity index is 2.54. The minimum atomic E-state index is 0.279. The highest BCUT2D eigenvalue weighted by molar-refractivity contribution is 9.10. The fraction of sp³-hybridized carbons (Fsp3) is 0.0833. The molecule has 1 aromatic carbocycles. The Bertz CT molecular complexity index is 563. The molecule has 5 heteroatoms. The Hall–Kier alpha value is -1.26. The molecule has 0 N–H and O–H groups in total. The lowest BCUT2D eigenvalue weighted by Crippen LogP contribution is -1.86. The number of benzene rings is 1. The van der Waals surface area contributed by atoms with E-state index in [0.717, 1.165) is 10.0 Å². The van der Waals surface area contributed by atoms with Gasteiger partial charge in [-0.15, -0.1) is 0 Å². The van der Waals surface area contributed by atoms with Crippen molar-refractivity contribution in [3.05, 3.63) is 39.5 Å². The summed E-state index contributed by atoms with van der Waals surface area (Å²) in [6, 6.07) is 6.80. The average molecular weight is 316 g/mol. The third-order valence-corrected chi connectivity index (χ3v) is 3.20. The van der Waals surface area contributed by atoms with Gasteiger partial charge in [0.25, 0.3) is 0 Å². The largest absolute Gasteiger partial charge is 0.495 e. The van der Waals surface area contributed by atoms with Gasteiger partial charge in [0.05, 0.1) is 12.1 Å². The highest BCUT2D eigenvalue weighted by atomic mass is 79.9. The Morgan fingerprint density at radius 2 is 2.18 bits per heavy atom. The van der Waals surface area contributed by atoms with Crippen LogP contribution in [0.3, 0.4) is 0 Å². The first kappa shape index (κ1) is 12.2. The molecule has 0 unspecified atom stereocenters. The van der Waals surface area contributed by atoms with Crippen LogP contribution in [0.4, 0.5) is 0 Å². The third-order valence-electron chi connectivity index (χ3n) is 2.25. The van der Waals surface area contributed by atoms with Gasteiger partial charge < -0.3 is 9.15 Å². The van der Waals surface area contributed by atoms with Crippen molar-refractivity contribution in [2.45, 2.75) is 0 Å². The average Bonchev–Trinajstić information content (AvgIpc) is 2.78. The van der Waals surface area contributed by atoms with Crippen LogP contribution >= 0.6 is 27.5 Å². The summed E-state index contributed by atoms with van der Waals surface area (Å²) in [6.07, 6.45) is 0.657. The van der Waals surface area contributed by atoms with Gasteiger partial charge in [-0.1, -0.05) is 11.6 Å². The van der Waals surface area contributed by atoms with E-state index in [1.807, 2.05) is 0 Å². The van der Waals surface area contributed by atoms with Crippen molar-refractivity contribution in [1.82, 2.24) is 0 Å². The maximum absolute atomic E-state index is 10.6. The van der Waals surface area contributed by atoms with E-state index in [9.17, 15) is 4.79 Å². The van der Waals surface area contributed by atoms with E-state index in [-0.39, 0.29) is 5.76 Å².